The van der Waals surface area contributed by atoms with Crippen LogP contribution in [-0.4, -0.2) is 55.2 Å². The van der Waals surface area contributed by atoms with Gasteiger partial charge in [-0.05, 0) is 26.3 Å². The van der Waals surface area contributed by atoms with Gasteiger partial charge in [0.25, 0.3) is 6.01 Å². The molecular weight excluding hydrogens is 258 g/mol. The molecule has 0 atom stereocenters. The number of rotatable bonds is 5. The standard InChI is InChI=1S/C14H23N3O3/c1-4-17-8-6-11(7-9-17)16(3)14-15-12(10-20-14)13(18)19-5-2/h10-11H,4-9H2,1-3H3. The Balaban J connectivity index is 1.96. The molecule has 1 aliphatic heterocycles. The third-order valence-electron chi connectivity index (χ3n) is 3.83. The number of anilines is 1. The molecule has 2 heterocycles. The molecule has 2 rings (SSSR count). The Morgan fingerprint density at radius 1 is 1.50 bits per heavy atom. The van der Waals surface area contributed by atoms with Gasteiger partial charge in [0.1, 0.15) is 6.26 Å². The van der Waals surface area contributed by atoms with Crippen LogP contribution in [0.2, 0.25) is 0 Å². The van der Waals surface area contributed by atoms with Crippen LogP contribution in [0, 0.1) is 0 Å². The second-order valence-corrected chi connectivity index (χ2v) is 5.01. The van der Waals surface area contributed by atoms with Gasteiger partial charge in [0, 0.05) is 26.2 Å². The highest BCUT2D eigenvalue weighted by molar-refractivity contribution is 5.87. The topological polar surface area (TPSA) is 58.8 Å². The SMILES string of the molecule is CCOC(=O)c1coc(N(C)C2CCN(CC)CC2)n1. The number of aromatic nitrogens is 1. The molecule has 0 saturated carbocycles. The fraction of sp³-hybridized carbons (Fsp3) is 0.714. The van der Waals surface area contributed by atoms with Crippen LogP contribution in [0.5, 0.6) is 0 Å². The van der Waals surface area contributed by atoms with E-state index in [2.05, 4.69) is 16.8 Å². The molecule has 0 spiro atoms. The second-order valence-electron chi connectivity index (χ2n) is 5.01. The fourth-order valence-electron chi connectivity index (χ4n) is 2.50. The molecule has 0 N–H and O–H groups in total. The summed E-state index contributed by atoms with van der Waals surface area (Å²) in [6.45, 7) is 7.58. The van der Waals surface area contributed by atoms with Gasteiger partial charge >= 0.3 is 5.97 Å². The first-order valence-corrected chi connectivity index (χ1v) is 7.23. The molecule has 0 radical (unpaired) electrons. The molecule has 20 heavy (non-hydrogen) atoms. The summed E-state index contributed by atoms with van der Waals surface area (Å²) in [5, 5.41) is 0. The number of likely N-dealkylation sites (tertiary alicyclic amines) is 1. The first-order valence-electron chi connectivity index (χ1n) is 7.23. The van der Waals surface area contributed by atoms with E-state index in [1.807, 2.05) is 11.9 Å². The lowest BCUT2D eigenvalue weighted by atomic mass is 10.0. The molecule has 0 unspecified atom stereocenters. The second kappa shape index (κ2) is 6.74. The quantitative estimate of drug-likeness (QED) is 0.767. The maximum absolute atomic E-state index is 11.6. The third-order valence-corrected chi connectivity index (χ3v) is 3.83. The average Bonchev–Trinajstić information content (AvgIpc) is 2.97. The summed E-state index contributed by atoms with van der Waals surface area (Å²) in [6, 6.07) is 0.898. The van der Waals surface area contributed by atoms with Crippen molar-refractivity contribution in [2.45, 2.75) is 32.7 Å². The molecule has 1 aliphatic rings. The van der Waals surface area contributed by atoms with E-state index in [1.165, 1.54) is 6.26 Å². The van der Waals surface area contributed by atoms with Crippen LogP contribution < -0.4 is 4.90 Å². The van der Waals surface area contributed by atoms with Crippen LogP contribution >= 0.6 is 0 Å². The predicted octanol–water partition coefficient (Wildman–Crippen LogP) is 1.77. The molecule has 1 saturated heterocycles. The Morgan fingerprint density at radius 3 is 2.80 bits per heavy atom. The summed E-state index contributed by atoms with van der Waals surface area (Å²) in [5.41, 5.74) is 0.236. The number of carbonyl (C=O) groups is 1. The van der Waals surface area contributed by atoms with E-state index in [1.54, 1.807) is 6.92 Å². The van der Waals surface area contributed by atoms with Gasteiger partial charge < -0.3 is 19.0 Å². The number of esters is 1. The van der Waals surface area contributed by atoms with Gasteiger partial charge in [-0.2, -0.15) is 4.98 Å². The zero-order valence-corrected chi connectivity index (χ0v) is 12.5. The van der Waals surface area contributed by atoms with Crippen LogP contribution in [0.1, 0.15) is 37.2 Å². The molecular formula is C14H23N3O3. The first kappa shape index (κ1) is 14.8. The van der Waals surface area contributed by atoms with Gasteiger partial charge in [0.05, 0.1) is 6.61 Å². The van der Waals surface area contributed by atoms with Crippen molar-refractivity contribution >= 4 is 12.0 Å². The number of hydrogen-bond donors (Lipinski definition) is 0. The summed E-state index contributed by atoms with van der Waals surface area (Å²) in [6.07, 6.45) is 3.54. The van der Waals surface area contributed by atoms with E-state index in [0.717, 1.165) is 32.5 Å². The highest BCUT2D eigenvalue weighted by atomic mass is 16.5. The zero-order valence-electron chi connectivity index (χ0n) is 12.5. The maximum Gasteiger partial charge on any atom is 0.360 e. The van der Waals surface area contributed by atoms with E-state index >= 15 is 0 Å². The van der Waals surface area contributed by atoms with E-state index in [9.17, 15) is 4.79 Å². The Kier molecular flexibility index (Phi) is 5.00. The summed E-state index contributed by atoms with van der Waals surface area (Å²) < 4.78 is 10.3. The zero-order chi connectivity index (χ0) is 14.5. The third kappa shape index (κ3) is 3.30. The van der Waals surface area contributed by atoms with E-state index in [0.29, 0.717) is 18.7 Å². The van der Waals surface area contributed by atoms with Gasteiger partial charge in [-0.15, -0.1) is 0 Å². The van der Waals surface area contributed by atoms with Gasteiger partial charge in [-0.3, -0.25) is 0 Å². The lowest BCUT2D eigenvalue weighted by Crippen LogP contribution is -2.43. The average molecular weight is 281 g/mol. The van der Waals surface area contributed by atoms with Crippen molar-refractivity contribution in [3.63, 3.8) is 0 Å². The fourth-order valence-corrected chi connectivity index (χ4v) is 2.50. The number of oxazole rings is 1. The largest absolute Gasteiger partial charge is 0.461 e. The Morgan fingerprint density at radius 2 is 2.20 bits per heavy atom. The number of hydrogen-bond acceptors (Lipinski definition) is 6. The molecule has 0 aliphatic carbocycles. The van der Waals surface area contributed by atoms with Crippen LogP contribution in [0.15, 0.2) is 10.7 Å². The lowest BCUT2D eigenvalue weighted by molar-refractivity contribution is 0.0519. The minimum atomic E-state index is -0.434. The van der Waals surface area contributed by atoms with E-state index in [4.69, 9.17) is 9.15 Å². The predicted molar refractivity (Wildman–Crippen MR) is 76.0 cm³/mol. The number of ether oxygens (including phenoxy) is 1. The van der Waals surface area contributed by atoms with Crippen LogP contribution in [-0.2, 0) is 4.74 Å². The normalized spacial score (nSPS) is 17.1. The van der Waals surface area contributed by atoms with Gasteiger partial charge in [-0.25, -0.2) is 4.79 Å². The number of nitrogens with zero attached hydrogens (tertiary/aromatic N) is 3. The van der Waals surface area contributed by atoms with Crippen molar-refractivity contribution < 1.29 is 13.9 Å². The van der Waals surface area contributed by atoms with Crippen LogP contribution in [0.25, 0.3) is 0 Å². The van der Waals surface area contributed by atoms with Crippen molar-refractivity contribution in [3.05, 3.63) is 12.0 Å². The van der Waals surface area contributed by atoms with Crippen LogP contribution in [0.4, 0.5) is 6.01 Å². The summed E-state index contributed by atoms with van der Waals surface area (Å²) in [5.74, 6) is -0.434. The van der Waals surface area contributed by atoms with E-state index < -0.39 is 5.97 Å². The molecule has 1 fully saturated rings. The molecule has 0 aromatic carbocycles. The smallest absolute Gasteiger partial charge is 0.360 e. The molecule has 6 nitrogen and oxygen atoms in total. The highest BCUT2D eigenvalue weighted by Gasteiger charge is 2.25. The van der Waals surface area contributed by atoms with Gasteiger partial charge in [0.2, 0.25) is 0 Å². The molecule has 1 aromatic heterocycles. The monoisotopic (exact) mass is 281 g/mol. The minimum Gasteiger partial charge on any atom is -0.461 e. The number of piperidine rings is 1. The molecule has 1 aromatic rings. The van der Waals surface area contributed by atoms with Crippen LogP contribution in [0.3, 0.4) is 0 Å². The van der Waals surface area contributed by atoms with Crippen molar-refractivity contribution in [3.8, 4) is 0 Å². The minimum absolute atomic E-state index is 0.236. The summed E-state index contributed by atoms with van der Waals surface area (Å²) in [7, 11) is 1.97. The summed E-state index contributed by atoms with van der Waals surface area (Å²) >= 11 is 0. The Labute approximate surface area is 119 Å². The highest BCUT2D eigenvalue weighted by Crippen LogP contribution is 2.21. The van der Waals surface area contributed by atoms with Gasteiger partial charge in [-0.1, -0.05) is 6.92 Å². The molecule has 6 heteroatoms. The molecule has 0 amide bonds. The Hall–Kier alpha value is -1.56. The lowest BCUT2D eigenvalue weighted by Gasteiger charge is -2.35. The van der Waals surface area contributed by atoms with Crippen molar-refractivity contribution in [2.24, 2.45) is 0 Å². The molecule has 0 bridgehead atoms. The van der Waals surface area contributed by atoms with Crippen molar-refractivity contribution in [1.82, 2.24) is 9.88 Å². The maximum atomic E-state index is 11.6. The first-order chi connectivity index (χ1) is 9.65. The van der Waals surface area contributed by atoms with Gasteiger partial charge in [0.15, 0.2) is 5.69 Å². The van der Waals surface area contributed by atoms with Crippen molar-refractivity contribution in [1.29, 1.82) is 0 Å². The molecule has 112 valence electrons. The summed E-state index contributed by atoms with van der Waals surface area (Å²) in [4.78, 5) is 20.2. The van der Waals surface area contributed by atoms with Crippen molar-refractivity contribution in [2.75, 3.05) is 38.2 Å². The number of carbonyl (C=O) groups excluding carboxylic acids is 1. The Bertz CT molecular complexity index is 439. The van der Waals surface area contributed by atoms with E-state index in [-0.39, 0.29) is 5.69 Å².